The van der Waals surface area contributed by atoms with Gasteiger partial charge < -0.3 is 61.7 Å². The van der Waals surface area contributed by atoms with Crippen LogP contribution in [-0.4, -0.2) is 150 Å². The lowest BCUT2D eigenvalue weighted by atomic mass is 10.1. The van der Waals surface area contributed by atoms with Crippen LogP contribution in [0.15, 0.2) is 212 Å². The Kier molecular flexibility index (Phi) is 35.0. The first-order chi connectivity index (χ1) is 64.3. The van der Waals surface area contributed by atoms with Gasteiger partial charge >= 0.3 is 0 Å². The van der Waals surface area contributed by atoms with Gasteiger partial charge in [0.05, 0.1) is 151 Å². The fraction of sp³-hybridized carbons (Fsp3) is 0.413. The van der Waals surface area contributed by atoms with E-state index < -0.39 is 22.4 Å². The highest BCUT2D eigenvalue weighted by atomic mass is 16.5. The van der Waals surface area contributed by atoms with Crippen molar-refractivity contribution in [3.8, 4) is 91.0 Å². The minimum absolute atomic E-state index is 0.00150. The maximum absolute atomic E-state index is 11.9. The molecule has 12 aromatic rings. The Morgan fingerprint density at radius 3 is 0.948 bits per heavy atom. The van der Waals surface area contributed by atoms with Gasteiger partial charge in [0.15, 0.2) is 23.1 Å². The molecule has 0 radical (unpaired) electrons. The Hall–Kier alpha value is -12.7. The summed E-state index contributed by atoms with van der Waals surface area (Å²) in [4.78, 5) is 50.0. The van der Waals surface area contributed by atoms with E-state index >= 15 is 0 Å². The van der Waals surface area contributed by atoms with E-state index in [1.54, 1.807) is 76.3 Å². The van der Waals surface area contributed by atoms with Gasteiger partial charge in [0, 0.05) is 63.8 Å². The molecule has 1 saturated heterocycles. The average Bonchev–Trinajstić information content (AvgIpc) is 1.66. The molecule has 15 rings (SSSR count). The second-order valence-electron chi connectivity index (χ2n) is 35.6. The predicted octanol–water partition coefficient (Wildman–Crippen LogP) is 21.6. The van der Waals surface area contributed by atoms with Crippen LogP contribution in [0.4, 0.5) is 5.69 Å². The molecule has 25 heteroatoms. The van der Waals surface area contributed by atoms with Crippen LogP contribution in [0, 0.1) is 0 Å². The fourth-order valence-corrected chi connectivity index (χ4v) is 14.6. The number of rotatable bonds is 44. The van der Waals surface area contributed by atoms with E-state index in [1.165, 1.54) is 37.9 Å². The predicted molar refractivity (Wildman–Crippen MR) is 522 cm³/mol. The molecule has 0 N–H and O–H groups in total. The molecule has 0 amide bonds. The van der Waals surface area contributed by atoms with Gasteiger partial charge in [0.1, 0.15) is 68.4 Å². The Bertz CT molecular complexity index is 5900. The molecule has 5 heterocycles. The first kappa shape index (κ1) is 100. The summed E-state index contributed by atoms with van der Waals surface area (Å²) in [5.41, 5.74) is 13.0. The van der Waals surface area contributed by atoms with Gasteiger partial charge in [-0.15, -0.1) is 0 Å². The van der Waals surface area contributed by atoms with Crippen molar-refractivity contribution in [1.29, 1.82) is 0 Å². The summed E-state index contributed by atoms with van der Waals surface area (Å²) in [7, 11) is 1.63. The zero-order chi connectivity index (χ0) is 95.7. The molecule has 3 fully saturated rings. The third-order valence-corrected chi connectivity index (χ3v) is 23.7. The van der Waals surface area contributed by atoms with E-state index in [1.807, 2.05) is 200 Å². The van der Waals surface area contributed by atoms with Crippen LogP contribution in [0.5, 0.6) is 46.0 Å². The SMILES string of the molecule is CC(=O)C(C)(C)OCc1cc(-c2cccc(OC3CC3)c2)n(Cc2ccccc2N2CCCC2)n1.CCOc1cc(OC)cc(-c2cc(COC(C)(C)C(C)=O)nn2Cc2ccccc2OCC)c1.CCOc1cccc(-c2cc(COC(C)(C)C(C)=O)nn2Cc2ccccc2OCC)c1.CCOc1ccccc1Cn1nc(COC(C)(C)C(C)=O)cc1-c1cccc(OC2CC2)c1. The molecule has 25 nitrogen and oxygen atoms in total. The van der Waals surface area contributed by atoms with E-state index in [9.17, 15) is 19.2 Å². The van der Waals surface area contributed by atoms with Crippen molar-refractivity contribution in [1.82, 2.24) is 39.1 Å². The number of anilines is 1. The number of benzene rings is 8. The van der Waals surface area contributed by atoms with Gasteiger partial charge in [0.2, 0.25) is 0 Å². The second kappa shape index (κ2) is 46.8. The zero-order valence-corrected chi connectivity index (χ0v) is 81.3. The maximum atomic E-state index is 11.9. The van der Waals surface area contributed by atoms with Crippen LogP contribution in [0.2, 0.25) is 0 Å². The Balaban J connectivity index is 0.000000161. The smallest absolute Gasteiger partial charge is 0.161 e. The third kappa shape index (κ3) is 28.2. The van der Waals surface area contributed by atoms with Crippen molar-refractivity contribution < 1.29 is 76.0 Å². The average molecular weight is 1830 g/mol. The summed E-state index contributed by atoms with van der Waals surface area (Å²) >= 11 is 0. The first-order valence-corrected chi connectivity index (χ1v) is 46.8. The molecule has 2 saturated carbocycles. The van der Waals surface area contributed by atoms with E-state index in [4.69, 9.17) is 77.2 Å². The van der Waals surface area contributed by atoms with E-state index in [0.717, 1.165) is 164 Å². The van der Waals surface area contributed by atoms with Gasteiger partial charge in [0.25, 0.3) is 0 Å². The number of hydrogen-bond acceptors (Lipinski definition) is 21. The van der Waals surface area contributed by atoms with E-state index in [0.29, 0.717) is 77.2 Å². The maximum Gasteiger partial charge on any atom is 0.161 e. The lowest BCUT2D eigenvalue weighted by Crippen LogP contribution is -2.32. The van der Waals surface area contributed by atoms with Gasteiger partial charge in [-0.1, -0.05) is 109 Å². The lowest BCUT2D eigenvalue weighted by Gasteiger charge is -2.22. The summed E-state index contributed by atoms with van der Waals surface area (Å²) < 4.78 is 78.0. The van der Waals surface area contributed by atoms with Crippen molar-refractivity contribution in [2.75, 3.05) is 58.1 Å². The van der Waals surface area contributed by atoms with Crippen LogP contribution < -0.4 is 42.8 Å². The standard InChI is InChI=1S/C29H35N3O3.C27H34N2O5.C27H32N2O4.C26H32N2O4/c1-21(33)29(2,3)34-20-24-18-28(22-10-8-11-26(17-22)35-25-13-14-25)32(30-24)19-23-9-4-5-12-27(23)31-15-6-7-16-31;1-7-32-24-14-21(13-23(16-24)31-6)25-15-22(18-34-27(4,5)19(3)30)28-29(25)17-20-11-9-10-12-26(20)33-8-2;1-5-31-26-12-7-6-9-21(26)17-29-25(16-22(28-29)18-32-27(3,4)19(2)30)20-10-8-11-24(15-20)33-23-13-14-23;1-6-30-23-13-10-12-20(15-23)24-16-22(18-32-26(4,5)19(3)29)27-28(24)17-21-11-8-9-14-25(21)31-7-2/h4-5,8-12,17-18,25H,6-7,13-16,19-20H2,1-3H3;9-16H,7-8,17-18H2,1-6H3;6-12,15-16,23H,5,13-14,17-18H2,1-4H3;8-16H,6-7,17-18H2,1-5H3. The molecule has 8 aromatic carbocycles. The Morgan fingerprint density at radius 2 is 0.612 bits per heavy atom. The highest BCUT2D eigenvalue weighted by Crippen LogP contribution is 2.38. The topological polar surface area (TPSA) is 254 Å². The molecule has 4 aromatic heterocycles. The highest BCUT2D eigenvalue weighted by Gasteiger charge is 2.32. The number of methoxy groups -OCH3 is 1. The molecular weight excluding hydrogens is 1690 g/mol. The molecule has 1 aliphatic heterocycles. The fourth-order valence-electron chi connectivity index (χ4n) is 14.6. The lowest BCUT2D eigenvalue weighted by molar-refractivity contribution is -0.140. The largest absolute Gasteiger partial charge is 0.497 e. The van der Waals surface area contributed by atoms with Crippen molar-refractivity contribution in [2.24, 2.45) is 0 Å². The van der Waals surface area contributed by atoms with Crippen LogP contribution in [0.25, 0.3) is 45.0 Å². The quantitative estimate of drug-likeness (QED) is 0.0344. The number of ketones is 4. The number of aromatic nitrogens is 8. The van der Waals surface area contributed by atoms with Crippen LogP contribution in [0.1, 0.15) is 201 Å². The summed E-state index contributed by atoms with van der Waals surface area (Å²) in [5, 5.41) is 19.4. The van der Waals surface area contributed by atoms with Crippen molar-refractivity contribution in [2.45, 2.75) is 243 Å². The first-order valence-electron chi connectivity index (χ1n) is 46.8. The van der Waals surface area contributed by atoms with Crippen molar-refractivity contribution in [3.63, 3.8) is 0 Å². The number of nitrogens with zero attached hydrogens (tertiary/aromatic N) is 9. The van der Waals surface area contributed by atoms with Crippen LogP contribution in [-0.2, 0) is 90.7 Å². The Labute approximate surface area is 789 Å². The highest BCUT2D eigenvalue weighted by molar-refractivity contribution is 5.85. The summed E-state index contributed by atoms with van der Waals surface area (Å²) in [5.74, 6) is 6.43. The number of ether oxygens (including phenoxy) is 12. The minimum Gasteiger partial charge on any atom is -0.497 e. The monoisotopic (exact) mass is 1820 g/mol. The molecular formula is C109H133N9O16. The molecule has 0 unspecified atom stereocenters. The van der Waals surface area contributed by atoms with Crippen LogP contribution >= 0.6 is 0 Å². The molecule has 0 bridgehead atoms. The normalized spacial score (nSPS) is 13.2. The molecule has 710 valence electrons. The van der Waals surface area contributed by atoms with Gasteiger partial charge in [-0.2, -0.15) is 20.4 Å². The van der Waals surface area contributed by atoms with Crippen molar-refractivity contribution in [3.05, 3.63) is 257 Å². The van der Waals surface area contributed by atoms with Crippen LogP contribution in [0.3, 0.4) is 0 Å². The number of carbonyl (C=O) groups excluding carboxylic acids is 4. The summed E-state index contributed by atoms with van der Waals surface area (Å²) in [6.45, 7) is 38.6. The van der Waals surface area contributed by atoms with Crippen molar-refractivity contribution >= 4 is 28.8 Å². The third-order valence-electron chi connectivity index (χ3n) is 23.7. The summed E-state index contributed by atoms with van der Waals surface area (Å²) in [6, 6.07) is 70.7. The molecule has 2 aliphatic carbocycles. The van der Waals surface area contributed by atoms with Gasteiger partial charge in [-0.3, -0.25) is 37.9 Å². The number of carbonyl (C=O) groups is 4. The van der Waals surface area contributed by atoms with Gasteiger partial charge in [-0.05, 0) is 259 Å². The number of Topliss-reactive ketones (excluding diaryl/α,β-unsaturated/α-hetero) is 4. The zero-order valence-electron chi connectivity index (χ0n) is 81.3. The molecule has 3 aliphatic rings. The minimum atomic E-state index is -0.885. The van der Waals surface area contributed by atoms with E-state index in [-0.39, 0.29) is 49.6 Å². The second-order valence-corrected chi connectivity index (χ2v) is 35.6. The van der Waals surface area contributed by atoms with E-state index in [2.05, 4.69) is 70.2 Å². The Morgan fingerprint density at radius 1 is 0.321 bits per heavy atom. The summed E-state index contributed by atoms with van der Waals surface area (Å²) in [6.07, 6.45) is 7.64. The number of hydrogen-bond donors (Lipinski definition) is 0. The molecule has 0 atom stereocenters. The van der Waals surface area contributed by atoms with Gasteiger partial charge in [-0.25, -0.2) is 0 Å². The number of para-hydroxylation sites is 4. The molecule has 0 spiro atoms. The molecule has 134 heavy (non-hydrogen) atoms.